The number of hydrogen-bond donors (Lipinski definition) is 4. The number of rotatable bonds is 10. The zero-order chi connectivity index (χ0) is 29.5. The zero-order valence-electron chi connectivity index (χ0n) is 21.4. The molecule has 0 radical (unpaired) electrons. The van der Waals surface area contributed by atoms with Crippen LogP contribution in [0.15, 0.2) is 17.4 Å². The fraction of sp³-hybridized carbons (Fsp3) is 0.550. The first-order valence-corrected chi connectivity index (χ1v) is 14.0. The van der Waals surface area contributed by atoms with Gasteiger partial charge < -0.3 is 30.0 Å². The molecule has 0 saturated carbocycles. The Hall–Kier alpha value is -3.09. The summed E-state index contributed by atoms with van der Waals surface area (Å²) in [6.07, 6.45) is -6.25. The van der Waals surface area contributed by atoms with Gasteiger partial charge in [-0.05, 0) is 12.6 Å². The van der Waals surface area contributed by atoms with E-state index in [-0.39, 0.29) is 38.3 Å². The van der Waals surface area contributed by atoms with Crippen LogP contribution in [0, 0.1) is 5.92 Å². The van der Waals surface area contributed by atoms with Gasteiger partial charge in [0.1, 0.15) is 11.8 Å². The van der Waals surface area contributed by atoms with Crippen molar-refractivity contribution in [2.45, 2.75) is 49.7 Å². The summed E-state index contributed by atoms with van der Waals surface area (Å²) in [7, 11) is 1.78. The highest BCUT2D eigenvalue weighted by molar-refractivity contribution is 7.32. The standard InChI is InChI=1S/C20H25F2N11O7P2/c21-8-6(7(3-36-41)37-17(8)32-5-27-10-13(23)25-4-26-14(10)32)1-2-42-40-19-9(22)12(39-35)18(38-19)33-15-11(30-31-33)16(34)29-20(24)28-15/h4-9,12,17-19,35,42H,1-3,41H2,(H2,23,25,26)(H3,24,28,29,34)/t6-,7-,8+,9-,12-,17-,18-,19?/m1/s1. The van der Waals surface area contributed by atoms with Crippen LogP contribution < -0.4 is 17.0 Å². The topological polar surface area (TPSA) is 238 Å². The van der Waals surface area contributed by atoms with E-state index in [9.17, 15) is 10.1 Å². The molecule has 42 heavy (non-hydrogen) atoms. The molecule has 0 spiro atoms. The van der Waals surface area contributed by atoms with Gasteiger partial charge >= 0.3 is 0 Å². The average molecular weight is 631 g/mol. The Balaban J connectivity index is 1.11. The number of fused-ring (bicyclic) bond motifs is 2. The molecule has 2 aliphatic heterocycles. The Morgan fingerprint density at radius 3 is 2.76 bits per heavy atom. The SMILES string of the molecule is Nc1nc2c(nnn2[C@@H]2OC(OPCC[C@H]3[C@H](F)[C@H](n4cnc5c(N)ncnc54)O[C@@H]3COP)[C@H](F)[C@H]2OO)c(=O)[nH]1. The number of alkyl halides is 2. The number of ether oxygens (including phenoxy) is 2. The third kappa shape index (κ3) is 5.07. The number of nitrogens with one attached hydrogen (secondary N) is 1. The van der Waals surface area contributed by atoms with Gasteiger partial charge in [0, 0.05) is 24.2 Å². The molecule has 3 unspecified atom stereocenters. The molecule has 0 aliphatic carbocycles. The van der Waals surface area contributed by atoms with E-state index in [0.29, 0.717) is 23.7 Å². The minimum absolute atomic E-state index is 0.0999. The molecule has 4 aromatic rings. The maximum atomic E-state index is 15.8. The number of aromatic nitrogens is 9. The second-order valence-electron chi connectivity index (χ2n) is 9.46. The van der Waals surface area contributed by atoms with Gasteiger partial charge in [-0.1, -0.05) is 5.21 Å². The van der Waals surface area contributed by atoms with Crippen LogP contribution in [0.3, 0.4) is 0 Å². The number of nitrogen functional groups attached to an aromatic ring is 2. The number of aromatic amines is 1. The van der Waals surface area contributed by atoms with E-state index in [4.69, 9.17) is 30.0 Å². The largest absolute Gasteiger partial charge is 0.382 e. The molecule has 0 bridgehead atoms. The van der Waals surface area contributed by atoms with Crippen molar-refractivity contribution >= 4 is 52.4 Å². The molecule has 22 heteroatoms. The Bertz CT molecular complexity index is 1630. The number of H-pyrrole nitrogens is 1. The number of nitrogens with zero attached hydrogens (tertiary/aromatic N) is 8. The molecule has 0 amide bonds. The summed E-state index contributed by atoms with van der Waals surface area (Å²) in [6, 6.07) is 0. The predicted molar refractivity (Wildman–Crippen MR) is 143 cm³/mol. The van der Waals surface area contributed by atoms with Crippen molar-refractivity contribution in [1.29, 1.82) is 0 Å². The molecule has 4 aromatic heterocycles. The van der Waals surface area contributed by atoms with Gasteiger partial charge in [-0.2, -0.15) is 9.67 Å². The summed E-state index contributed by atoms with van der Waals surface area (Å²) in [5.41, 5.74) is 11.2. The molecule has 0 aromatic carbocycles. The number of halogens is 2. The summed E-state index contributed by atoms with van der Waals surface area (Å²) >= 11 is 0. The Kier molecular flexibility index (Phi) is 8.21. The minimum atomic E-state index is -1.96. The lowest BCUT2D eigenvalue weighted by molar-refractivity contribution is -0.301. The van der Waals surface area contributed by atoms with Crippen LogP contribution in [0.25, 0.3) is 22.3 Å². The van der Waals surface area contributed by atoms with Gasteiger partial charge in [-0.3, -0.25) is 19.6 Å². The molecule has 10 atom stereocenters. The van der Waals surface area contributed by atoms with Crippen molar-refractivity contribution in [2.75, 3.05) is 24.2 Å². The van der Waals surface area contributed by atoms with Gasteiger partial charge in [0.2, 0.25) is 5.95 Å². The van der Waals surface area contributed by atoms with E-state index in [1.54, 1.807) is 0 Å². The van der Waals surface area contributed by atoms with E-state index >= 15 is 8.78 Å². The van der Waals surface area contributed by atoms with Crippen molar-refractivity contribution in [3.63, 3.8) is 0 Å². The molecule has 2 saturated heterocycles. The second kappa shape index (κ2) is 11.9. The molecular formula is C20H25F2N11O7P2. The van der Waals surface area contributed by atoms with Crippen LogP contribution in [-0.4, -0.2) is 93.3 Å². The molecule has 6 heterocycles. The van der Waals surface area contributed by atoms with E-state index in [2.05, 4.69) is 49.6 Å². The first-order chi connectivity index (χ1) is 20.3. The lowest BCUT2D eigenvalue weighted by atomic mass is 9.96. The fourth-order valence-corrected chi connectivity index (χ4v) is 6.16. The highest BCUT2D eigenvalue weighted by Crippen LogP contribution is 2.42. The molecule has 226 valence electrons. The molecule has 6 rings (SSSR count). The van der Waals surface area contributed by atoms with Gasteiger partial charge in [0.05, 0.1) is 19.0 Å². The summed E-state index contributed by atoms with van der Waals surface area (Å²) in [6.45, 7) is 0.0999. The summed E-state index contributed by atoms with van der Waals surface area (Å²) in [5, 5.41) is 16.9. The van der Waals surface area contributed by atoms with Crippen molar-refractivity contribution in [3.05, 3.63) is 23.0 Å². The fourth-order valence-electron chi connectivity index (χ4n) is 5.05. The lowest BCUT2D eigenvalue weighted by Gasteiger charge is -2.19. The van der Waals surface area contributed by atoms with Crippen LogP contribution in [-0.2, 0) is 23.4 Å². The summed E-state index contributed by atoms with van der Waals surface area (Å²) in [4.78, 5) is 34.8. The third-order valence-corrected chi connectivity index (χ3v) is 8.10. The van der Waals surface area contributed by atoms with Crippen molar-refractivity contribution in [1.82, 2.24) is 44.5 Å². The van der Waals surface area contributed by atoms with Crippen molar-refractivity contribution < 1.29 is 37.4 Å². The highest BCUT2D eigenvalue weighted by atomic mass is 31.1. The molecule has 2 aliphatic rings. The number of hydrogen-bond acceptors (Lipinski definition) is 15. The van der Waals surface area contributed by atoms with Gasteiger partial charge in [0.15, 0.2) is 59.8 Å². The molecule has 18 nitrogen and oxygen atoms in total. The van der Waals surface area contributed by atoms with Crippen LogP contribution in [0.5, 0.6) is 0 Å². The summed E-state index contributed by atoms with van der Waals surface area (Å²) < 4.78 is 55.7. The number of imidazole rings is 1. The Morgan fingerprint density at radius 1 is 1.14 bits per heavy atom. The number of nitrogens with two attached hydrogens (primary N) is 2. The predicted octanol–water partition coefficient (Wildman–Crippen LogP) is 0.229. The average Bonchev–Trinajstić information content (AvgIpc) is 3.72. The normalized spacial score (nSPS) is 30.0. The monoisotopic (exact) mass is 631 g/mol. The van der Waals surface area contributed by atoms with Gasteiger partial charge in [-0.25, -0.2) is 28.6 Å². The van der Waals surface area contributed by atoms with Crippen LogP contribution in [0.2, 0.25) is 0 Å². The first-order valence-electron chi connectivity index (χ1n) is 12.5. The van der Waals surface area contributed by atoms with Crippen LogP contribution in [0.1, 0.15) is 18.9 Å². The van der Waals surface area contributed by atoms with Crippen molar-refractivity contribution in [2.24, 2.45) is 5.92 Å². The van der Waals surface area contributed by atoms with E-state index in [1.807, 2.05) is 0 Å². The zero-order valence-corrected chi connectivity index (χ0v) is 23.5. The second-order valence-corrected chi connectivity index (χ2v) is 10.8. The van der Waals surface area contributed by atoms with Crippen molar-refractivity contribution in [3.8, 4) is 0 Å². The maximum absolute atomic E-state index is 15.8. The molecular weight excluding hydrogens is 606 g/mol. The van der Waals surface area contributed by atoms with Crippen LogP contribution in [0.4, 0.5) is 20.5 Å². The first kappa shape index (κ1) is 29.0. The van der Waals surface area contributed by atoms with E-state index < -0.39 is 54.8 Å². The third-order valence-electron chi connectivity index (χ3n) is 7.02. The van der Waals surface area contributed by atoms with Crippen LogP contribution >= 0.6 is 18.3 Å². The Labute approximate surface area is 237 Å². The van der Waals surface area contributed by atoms with Gasteiger partial charge in [-0.15, -0.1) is 5.10 Å². The summed E-state index contributed by atoms with van der Waals surface area (Å²) in [5.74, 6) is -0.671. The van der Waals surface area contributed by atoms with E-state index in [1.165, 1.54) is 17.2 Å². The maximum Gasteiger partial charge on any atom is 0.282 e. The lowest BCUT2D eigenvalue weighted by Crippen LogP contribution is -2.31. The smallest absolute Gasteiger partial charge is 0.282 e. The molecule has 6 N–H and O–H groups in total. The minimum Gasteiger partial charge on any atom is -0.382 e. The number of anilines is 2. The van der Waals surface area contributed by atoms with Gasteiger partial charge in [0.25, 0.3) is 5.56 Å². The highest BCUT2D eigenvalue weighted by Gasteiger charge is 2.50. The quantitative estimate of drug-likeness (QED) is 0.0793. The Morgan fingerprint density at radius 2 is 1.98 bits per heavy atom. The molecule has 2 fully saturated rings. The van der Waals surface area contributed by atoms with E-state index in [0.717, 1.165) is 4.68 Å².